The van der Waals surface area contributed by atoms with Crippen molar-refractivity contribution in [3.05, 3.63) is 63.3 Å². The van der Waals surface area contributed by atoms with E-state index in [9.17, 15) is 4.79 Å². The molecule has 2 aromatic carbocycles. The van der Waals surface area contributed by atoms with Gasteiger partial charge in [0.1, 0.15) is 12.5 Å². The minimum atomic E-state index is -0.248. The summed E-state index contributed by atoms with van der Waals surface area (Å²) in [6.07, 6.45) is 2.38. The van der Waals surface area contributed by atoms with E-state index in [-0.39, 0.29) is 5.97 Å². The van der Waals surface area contributed by atoms with E-state index in [2.05, 4.69) is 67.6 Å². The predicted octanol–water partition coefficient (Wildman–Crippen LogP) is 5.64. The fourth-order valence-electron chi connectivity index (χ4n) is 5.35. The van der Waals surface area contributed by atoms with Gasteiger partial charge in [0.05, 0.1) is 22.2 Å². The van der Waals surface area contributed by atoms with Crippen molar-refractivity contribution < 1.29 is 14.3 Å². The maximum Gasteiger partial charge on any atom is 0.340 e. The normalized spacial score (nSPS) is 17.4. The third-order valence-corrected chi connectivity index (χ3v) is 7.83. The number of rotatable bonds is 6. The molecule has 186 valence electrons. The molecule has 1 saturated heterocycles. The number of aromatic nitrogens is 1. The third-order valence-electron chi connectivity index (χ3n) is 7.24. The summed E-state index contributed by atoms with van der Waals surface area (Å²) in [6, 6.07) is 12.6. The van der Waals surface area contributed by atoms with Gasteiger partial charge in [0.2, 0.25) is 0 Å². The zero-order chi connectivity index (χ0) is 24.5. The molecule has 0 aliphatic carbocycles. The van der Waals surface area contributed by atoms with Crippen LogP contribution in [0.3, 0.4) is 0 Å². The van der Waals surface area contributed by atoms with E-state index in [0.717, 1.165) is 57.9 Å². The van der Waals surface area contributed by atoms with Crippen LogP contribution < -0.4 is 4.74 Å². The summed E-state index contributed by atoms with van der Waals surface area (Å²) >= 11 is 3.77. The fraction of sp³-hybridized carbons (Fsp3) is 0.464. The topological polar surface area (TPSA) is 46.9 Å². The van der Waals surface area contributed by atoms with Crippen molar-refractivity contribution in [2.75, 3.05) is 33.5 Å². The van der Waals surface area contributed by atoms with Crippen LogP contribution in [0.5, 0.6) is 5.75 Å². The van der Waals surface area contributed by atoms with E-state index in [1.807, 2.05) is 20.0 Å². The second-order valence-electron chi connectivity index (χ2n) is 9.92. The molecule has 0 unspecified atom stereocenters. The Bertz CT molecular complexity index is 1220. The van der Waals surface area contributed by atoms with E-state index in [0.29, 0.717) is 32.0 Å². The summed E-state index contributed by atoms with van der Waals surface area (Å²) in [7, 11) is 2.04. The van der Waals surface area contributed by atoms with Crippen molar-refractivity contribution in [2.24, 2.45) is 5.92 Å². The average molecular weight is 541 g/mol. The van der Waals surface area contributed by atoms with E-state index < -0.39 is 0 Å². The number of nitrogens with zero attached hydrogens (tertiary/aromatic N) is 3. The number of hydrogen-bond acceptors (Lipinski definition) is 5. The quantitative estimate of drug-likeness (QED) is 0.379. The monoisotopic (exact) mass is 539 g/mol. The maximum absolute atomic E-state index is 13.6. The maximum atomic E-state index is 13.6. The van der Waals surface area contributed by atoms with Gasteiger partial charge in [0.25, 0.3) is 0 Å². The summed E-state index contributed by atoms with van der Waals surface area (Å²) in [5.74, 6) is 1.33. The lowest BCUT2D eigenvalue weighted by Crippen LogP contribution is -2.33. The van der Waals surface area contributed by atoms with Crippen molar-refractivity contribution in [3.63, 3.8) is 0 Å². The Balaban J connectivity index is 1.74. The van der Waals surface area contributed by atoms with Gasteiger partial charge in [-0.25, -0.2) is 4.79 Å². The number of halogens is 1. The molecule has 3 aromatic rings. The highest BCUT2D eigenvalue weighted by molar-refractivity contribution is 9.10. The summed E-state index contributed by atoms with van der Waals surface area (Å²) in [5, 5.41) is 0.963. The number of carbonyl (C=O) groups is 1. The average Bonchev–Trinajstić information content (AvgIpc) is 3.14. The van der Waals surface area contributed by atoms with Crippen LogP contribution in [-0.2, 0) is 24.4 Å². The van der Waals surface area contributed by atoms with Crippen molar-refractivity contribution in [3.8, 4) is 5.75 Å². The number of likely N-dealkylation sites (tertiary alicyclic amines) is 1. The number of piperidine rings is 1. The second kappa shape index (κ2) is 10.3. The van der Waals surface area contributed by atoms with Crippen molar-refractivity contribution in [2.45, 2.75) is 46.3 Å². The van der Waals surface area contributed by atoms with Crippen molar-refractivity contribution in [1.82, 2.24) is 14.4 Å². The summed E-state index contributed by atoms with van der Waals surface area (Å²) in [4.78, 5) is 18.2. The van der Waals surface area contributed by atoms with Crippen LogP contribution >= 0.6 is 15.9 Å². The third kappa shape index (κ3) is 4.86. The molecule has 35 heavy (non-hydrogen) atoms. The van der Waals surface area contributed by atoms with Gasteiger partial charge >= 0.3 is 5.97 Å². The van der Waals surface area contributed by atoms with Gasteiger partial charge in [-0.05, 0) is 73.4 Å². The van der Waals surface area contributed by atoms with E-state index in [4.69, 9.17) is 9.47 Å². The number of benzene rings is 2. The Hall–Kier alpha value is -2.35. The number of ether oxygens (including phenoxy) is 2. The van der Waals surface area contributed by atoms with Crippen LogP contribution in [0.15, 0.2) is 40.9 Å². The molecule has 1 fully saturated rings. The largest absolute Gasteiger partial charge is 0.477 e. The molecule has 0 bridgehead atoms. The first kappa shape index (κ1) is 24.3. The second-order valence-corrected chi connectivity index (χ2v) is 10.8. The van der Waals surface area contributed by atoms with E-state index in [1.54, 1.807) is 0 Å². The van der Waals surface area contributed by atoms with E-state index >= 15 is 0 Å². The highest BCUT2D eigenvalue weighted by Crippen LogP contribution is 2.43. The molecule has 6 nitrogen and oxygen atoms in total. The molecule has 5 rings (SSSR count). The Morgan fingerprint density at radius 3 is 2.63 bits per heavy atom. The van der Waals surface area contributed by atoms with Gasteiger partial charge in [-0.15, -0.1) is 0 Å². The lowest BCUT2D eigenvalue weighted by Gasteiger charge is -2.30. The molecule has 0 N–H and O–H groups in total. The van der Waals surface area contributed by atoms with Gasteiger partial charge in [-0.3, -0.25) is 9.80 Å². The van der Waals surface area contributed by atoms with Gasteiger partial charge in [0, 0.05) is 36.3 Å². The van der Waals surface area contributed by atoms with Gasteiger partial charge in [-0.1, -0.05) is 37.3 Å². The highest BCUT2D eigenvalue weighted by atomic mass is 79.9. The summed E-state index contributed by atoms with van der Waals surface area (Å²) < 4.78 is 15.0. The minimum Gasteiger partial charge on any atom is -0.477 e. The SMILES string of the molecule is CCOC(=O)c1c(CN2CCC(C)CC2)n(Cc2ccccc2)c2cc(Br)c3c(c12)CN(C)CO3. The molecule has 0 saturated carbocycles. The molecule has 2 aliphatic heterocycles. The Morgan fingerprint density at radius 2 is 1.91 bits per heavy atom. The first-order valence-electron chi connectivity index (χ1n) is 12.6. The van der Waals surface area contributed by atoms with Crippen LogP contribution in [0.1, 0.15) is 53.9 Å². The zero-order valence-corrected chi connectivity index (χ0v) is 22.4. The standard InChI is InChI=1S/C28H34BrN3O3/c1-4-34-28(33)26-24(17-31-12-10-19(2)11-13-31)32(15-20-8-6-5-7-9-20)23-14-22(29)27-21(25(23)26)16-30(3)18-35-27/h5-9,14,19H,4,10-13,15-18H2,1-3H3. The Labute approximate surface area is 215 Å². The number of fused-ring (bicyclic) bond motifs is 3. The van der Waals surface area contributed by atoms with Gasteiger partial charge in [0.15, 0.2) is 0 Å². The summed E-state index contributed by atoms with van der Waals surface area (Å²) in [5.41, 5.74) is 5.02. The first-order valence-corrected chi connectivity index (χ1v) is 13.4. The minimum absolute atomic E-state index is 0.248. The molecule has 3 heterocycles. The highest BCUT2D eigenvalue weighted by Gasteiger charge is 2.32. The van der Waals surface area contributed by atoms with Crippen LogP contribution in [0.25, 0.3) is 10.9 Å². The van der Waals surface area contributed by atoms with Crippen LogP contribution in [0.2, 0.25) is 0 Å². The van der Waals surface area contributed by atoms with Crippen LogP contribution in [-0.4, -0.2) is 53.8 Å². The molecule has 2 aliphatic rings. The van der Waals surface area contributed by atoms with Crippen LogP contribution in [0, 0.1) is 5.92 Å². The molecule has 7 heteroatoms. The molecular formula is C28H34BrN3O3. The molecule has 1 aromatic heterocycles. The lowest BCUT2D eigenvalue weighted by molar-refractivity contribution is 0.0524. The lowest BCUT2D eigenvalue weighted by atomic mass is 9.98. The van der Waals surface area contributed by atoms with Crippen LogP contribution in [0.4, 0.5) is 0 Å². The first-order chi connectivity index (χ1) is 17.0. The predicted molar refractivity (Wildman–Crippen MR) is 142 cm³/mol. The smallest absolute Gasteiger partial charge is 0.340 e. The Morgan fingerprint density at radius 1 is 1.17 bits per heavy atom. The molecular weight excluding hydrogens is 506 g/mol. The van der Waals surface area contributed by atoms with Crippen molar-refractivity contribution >= 4 is 32.8 Å². The molecule has 0 amide bonds. The fourth-order valence-corrected chi connectivity index (χ4v) is 5.92. The number of carbonyl (C=O) groups excluding carboxylic acids is 1. The molecule has 0 atom stereocenters. The summed E-state index contributed by atoms with van der Waals surface area (Å²) in [6.45, 7) is 9.30. The number of hydrogen-bond donors (Lipinski definition) is 0. The number of esters is 1. The zero-order valence-electron chi connectivity index (χ0n) is 20.8. The Kier molecular flexibility index (Phi) is 7.19. The molecule has 0 spiro atoms. The van der Waals surface area contributed by atoms with Gasteiger partial charge < -0.3 is 14.0 Å². The molecule has 0 radical (unpaired) electrons. The van der Waals surface area contributed by atoms with Crippen molar-refractivity contribution in [1.29, 1.82) is 0 Å². The van der Waals surface area contributed by atoms with Gasteiger partial charge in [-0.2, -0.15) is 0 Å². The van der Waals surface area contributed by atoms with E-state index in [1.165, 1.54) is 18.4 Å².